The quantitative estimate of drug-likeness (QED) is 0.896. The van der Waals surface area contributed by atoms with Crippen molar-refractivity contribution in [2.45, 2.75) is 58.0 Å². The maximum absolute atomic E-state index is 11.9. The minimum atomic E-state index is -0.248. The van der Waals surface area contributed by atoms with E-state index < -0.39 is 0 Å². The summed E-state index contributed by atoms with van der Waals surface area (Å²) in [6.45, 7) is 6.95. The van der Waals surface area contributed by atoms with E-state index in [1.165, 1.54) is 0 Å². The Morgan fingerprint density at radius 2 is 2.25 bits per heavy atom. The van der Waals surface area contributed by atoms with E-state index in [-0.39, 0.29) is 23.3 Å². The number of hydrogen-bond acceptors (Lipinski definition) is 4. The van der Waals surface area contributed by atoms with Gasteiger partial charge in [0, 0.05) is 23.3 Å². The molecule has 0 bridgehead atoms. The van der Waals surface area contributed by atoms with Gasteiger partial charge in [0.15, 0.2) is 0 Å². The van der Waals surface area contributed by atoms with Crippen molar-refractivity contribution >= 4 is 17.2 Å². The van der Waals surface area contributed by atoms with E-state index in [0.717, 1.165) is 30.0 Å². The van der Waals surface area contributed by atoms with Crippen molar-refractivity contribution in [1.29, 1.82) is 0 Å². The molecule has 2 N–H and O–H groups in total. The third-order valence-electron chi connectivity index (χ3n) is 3.72. The molecule has 112 valence electrons. The van der Waals surface area contributed by atoms with Gasteiger partial charge < -0.3 is 10.4 Å². The summed E-state index contributed by atoms with van der Waals surface area (Å²) in [5.74, 6) is 0.217. The van der Waals surface area contributed by atoms with Crippen LogP contribution < -0.4 is 5.32 Å². The van der Waals surface area contributed by atoms with Crippen LogP contribution in [0.15, 0.2) is 5.38 Å². The number of aliphatic hydroxyl groups excluding tert-OH is 1. The molecule has 1 aromatic heterocycles. The SMILES string of the molecule is CC(C)(C)c1nc(CC(=O)NCC2CCCC2O)cs1. The summed E-state index contributed by atoms with van der Waals surface area (Å²) < 4.78 is 0. The molecule has 0 saturated heterocycles. The van der Waals surface area contributed by atoms with Gasteiger partial charge in [-0.15, -0.1) is 11.3 Å². The molecule has 1 heterocycles. The first-order valence-electron chi connectivity index (χ1n) is 7.26. The van der Waals surface area contributed by atoms with Crippen molar-refractivity contribution in [3.8, 4) is 0 Å². The minimum absolute atomic E-state index is 0.00476. The van der Waals surface area contributed by atoms with Crippen LogP contribution in [0.1, 0.15) is 50.7 Å². The van der Waals surface area contributed by atoms with Gasteiger partial charge in [0.25, 0.3) is 0 Å². The first kappa shape index (κ1) is 15.4. The number of aliphatic hydroxyl groups is 1. The van der Waals surface area contributed by atoms with E-state index in [0.29, 0.717) is 13.0 Å². The second kappa shape index (κ2) is 6.22. The minimum Gasteiger partial charge on any atom is -0.393 e. The molecule has 2 unspecified atom stereocenters. The Kier molecular flexibility index (Phi) is 4.81. The van der Waals surface area contributed by atoms with E-state index in [2.05, 4.69) is 31.1 Å². The summed E-state index contributed by atoms with van der Waals surface area (Å²) in [5.41, 5.74) is 0.872. The molecule has 1 fully saturated rings. The number of carbonyl (C=O) groups is 1. The van der Waals surface area contributed by atoms with Gasteiger partial charge in [-0.3, -0.25) is 4.79 Å². The highest BCUT2D eigenvalue weighted by Crippen LogP contribution is 2.26. The normalized spacial score (nSPS) is 23.0. The largest absolute Gasteiger partial charge is 0.393 e. The van der Waals surface area contributed by atoms with Crippen LogP contribution in [0, 0.1) is 5.92 Å². The fourth-order valence-corrected chi connectivity index (χ4v) is 3.37. The number of carbonyl (C=O) groups excluding carboxylic acids is 1. The molecule has 2 atom stereocenters. The number of thiazole rings is 1. The van der Waals surface area contributed by atoms with Crippen LogP contribution in [0.25, 0.3) is 0 Å². The fraction of sp³-hybridized carbons (Fsp3) is 0.733. The molecule has 5 heteroatoms. The van der Waals surface area contributed by atoms with Gasteiger partial charge in [0.1, 0.15) is 0 Å². The number of nitrogens with one attached hydrogen (secondary N) is 1. The summed E-state index contributed by atoms with van der Waals surface area (Å²) in [5, 5.41) is 15.7. The second-order valence-electron chi connectivity index (χ2n) is 6.63. The Morgan fingerprint density at radius 3 is 2.80 bits per heavy atom. The molecular formula is C15H24N2O2S. The number of hydrogen-bond donors (Lipinski definition) is 2. The maximum Gasteiger partial charge on any atom is 0.226 e. The summed E-state index contributed by atoms with van der Waals surface area (Å²) >= 11 is 1.61. The number of nitrogens with zero attached hydrogens (tertiary/aromatic N) is 1. The molecule has 1 aromatic rings. The van der Waals surface area contributed by atoms with Crippen molar-refractivity contribution in [1.82, 2.24) is 10.3 Å². The van der Waals surface area contributed by atoms with Crippen LogP contribution in [0.3, 0.4) is 0 Å². The van der Waals surface area contributed by atoms with Crippen LogP contribution >= 0.6 is 11.3 Å². The smallest absolute Gasteiger partial charge is 0.226 e. The van der Waals surface area contributed by atoms with E-state index in [9.17, 15) is 9.90 Å². The lowest BCUT2D eigenvalue weighted by Gasteiger charge is -2.15. The summed E-state index contributed by atoms with van der Waals surface area (Å²) in [6, 6.07) is 0. The highest BCUT2D eigenvalue weighted by Gasteiger charge is 2.25. The molecule has 1 amide bonds. The summed E-state index contributed by atoms with van der Waals surface area (Å²) in [6.07, 6.45) is 3.01. The Labute approximate surface area is 124 Å². The average Bonchev–Trinajstić information content (AvgIpc) is 2.95. The van der Waals surface area contributed by atoms with Gasteiger partial charge >= 0.3 is 0 Å². The molecule has 2 rings (SSSR count). The van der Waals surface area contributed by atoms with Crippen LogP contribution in [-0.2, 0) is 16.6 Å². The van der Waals surface area contributed by atoms with Crippen molar-refractivity contribution < 1.29 is 9.90 Å². The Bertz CT molecular complexity index is 465. The molecule has 4 nitrogen and oxygen atoms in total. The number of aromatic nitrogens is 1. The van der Waals surface area contributed by atoms with E-state index in [4.69, 9.17) is 0 Å². The maximum atomic E-state index is 11.9. The lowest BCUT2D eigenvalue weighted by Crippen LogP contribution is -2.33. The highest BCUT2D eigenvalue weighted by atomic mass is 32.1. The molecule has 1 saturated carbocycles. The van der Waals surface area contributed by atoms with E-state index in [1.807, 2.05) is 5.38 Å². The molecule has 0 aromatic carbocycles. The predicted molar refractivity (Wildman–Crippen MR) is 80.9 cm³/mol. The van der Waals surface area contributed by atoms with Crippen molar-refractivity contribution in [3.63, 3.8) is 0 Å². The molecular weight excluding hydrogens is 272 g/mol. The Morgan fingerprint density at radius 1 is 1.50 bits per heavy atom. The van der Waals surface area contributed by atoms with Gasteiger partial charge in [-0.2, -0.15) is 0 Å². The molecule has 0 radical (unpaired) electrons. The van der Waals surface area contributed by atoms with Gasteiger partial charge in [0.05, 0.1) is 23.2 Å². The Hall–Kier alpha value is -0.940. The van der Waals surface area contributed by atoms with Gasteiger partial charge in [0.2, 0.25) is 5.91 Å². The lowest BCUT2D eigenvalue weighted by molar-refractivity contribution is -0.120. The first-order chi connectivity index (χ1) is 9.36. The number of amides is 1. The summed E-state index contributed by atoms with van der Waals surface area (Å²) in [7, 11) is 0. The third kappa shape index (κ3) is 4.03. The Balaban J connectivity index is 1.81. The molecule has 1 aliphatic carbocycles. The third-order valence-corrected chi connectivity index (χ3v) is 5.03. The van der Waals surface area contributed by atoms with Crippen molar-refractivity contribution in [3.05, 3.63) is 16.1 Å². The van der Waals surface area contributed by atoms with Crippen LogP contribution in [0.2, 0.25) is 0 Å². The average molecular weight is 296 g/mol. The van der Waals surface area contributed by atoms with Crippen molar-refractivity contribution in [2.24, 2.45) is 5.92 Å². The topological polar surface area (TPSA) is 62.2 Å². The predicted octanol–water partition coefficient (Wildman–Crippen LogP) is 2.26. The van der Waals surface area contributed by atoms with E-state index >= 15 is 0 Å². The van der Waals surface area contributed by atoms with Crippen LogP contribution in [0.5, 0.6) is 0 Å². The van der Waals surface area contributed by atoms with Gasteiger partial charge in [-0.05, 0) is 12.8 Å². The van der Waals surface area contributed by atoms with E-state index in [1.54, 1.807) is 11.3 Å². The first-order valence-corrected chi connectivity index (χ1v) is 8.14. The zero-order chi connectivity index (χ0) is 14.8. The van der Waals surface area contributed by atoms with Crippen LogP contribution in [-0.4, -0.2) is 28.6 Å². The zero-order valence-corrected chi connectivity index (χ0v) is 13.3. The van der Waals surface area contributed by atoms with Gasteiger partial charge in [-0.1, -0.05) is 27.2 Å². The fourth-order valence-electron chi connectivity index (χ4n) is 2.46. The second-order valence-corrected chi connectivity index (χ2v) is 7.49. The molecule has 0 aliphatic heterocycles. The molecule has 1 aliphatic rings. The van der Waals surface area contributed by atoms with Crippen molar-refractivity contribution in [2.75, 3.05) is 6.54 Å². The van der Waals surface area contributed by atoms with Gasteiger partial charge in [-0.25, -0.2) is 4.98 Å². The zero-order valence-electron chi connectivity index (χ0n) is 12.5. The lowest BCUT2D eigenvalue weighted by atomic mass is 9.98. The highest BCUT2D eigenvalue weighted by molar-refractivity contribution is 7.09. The monoisotopic (exact) mass is 296 g/mol. The molecule has 20 heavy (non-hydrogen) atoms. The summed E-state index contributed by atoms with van der Waals surface area (Å²) in [4.78, 5) is 16.4. The standard InChI is InChI=1S/C15H24N2O2S/c1-15(2,3)14-17-11(9-20-14)7-13(19)16-8-10-5-4-6-12(10)18/h9-10,12,18H,4-8H2,1-3H3,(H,16,19). The molecule has 0 spiro atoms. The number of rotatable bonds is 4. The van der Waals surface area contributed by atoms with Crippen LogP contribution in [0.4, 0.5) is 0 Å².